The summed E-state index contributed by atoms with van der Waals surface area (Å²) in [4.78, 5) is 0. The van der Waals surface area contributed by atoms with Crippen LogP contribution in [0.15, 0.2) is 0 Å². The Morgan fingerprint density at radius 3 is 2.80 bits per heavy atom. The van der Waals surface area contributed by atoms with Crippen molar-refractivity contribution < 1.29 is 1.37 Å². The lowest BCUT2D eigenvalue weighted by Crippen LogP contribution is -2.03. The fourth-order valence-corrected chi connectivity index (χ4v) is 0.510. The molecule has 1 fully saturated rings. The quantitative estimate of drug-likeness (QED) is 0.436. The van der Waals surface area contributed by atoms with Crippen LogP contribution in [-0.4, -0.2) is 13.1 Å². The van der Waals surface area contributed by atoms with Crippen molar-refractivity contribution in [3.8, 4) is 0 Å². The molecule has 5 heavy (non-hydrogen) atoms. The molecule has 0 spiro atoms. The molecule has 30 valence electrons. The number of hydrogen-bond acceptors (Lipinski definition) is 1. The van der Waals surface area contributed by atoms with Crippen molar-refractivity contribution in [3.63, 3.8) is 0 Å². The molecule has 1 N–H and O–H groups in total. The minimum Gasteiger partial charge on any atom is -0.317 e. The Kier molecular flexibility index (Phi) is 0.618. The Morgan fingerprint density at radius 2 is 2.60 bits per heavy atom. The van der Waals surface area contributed by atoms with Crippen molar-refractivity contribution in [2.45, 2.75) is 12.8 Å². The molecule has 1 heterocycles. The van der Waals surface area contributed by atoms with E-state index in [0.717, 1.165) is 13.0 Å². The van der Waals surface area contributed by atoms with E-state index in [0.29, 0.717) is 0 Å². The second kappa shape index (κ2) is 1.41. The molecule has 1 heteroatoms. The van der Waals surface area contributed by atoms with E-state index in [-0.39, 0.29) is 6.52 Å². The van der Waals surface area contributed by atoms with Crippen LogP contribution in [0.1, 0.15) is 14.2 Å². The van der Waals surface area contributed by atoms with Gasteiger partial charge in [0.15, 0.2) is 0 Å². The lowest BCUT2D eigenvalue weighted by Gasteiger charge is -1.76. The Hall–Kier alpha value is -0.0400. The van der Waals surface area contributed by atoms with Gasteiger partial charge in [-0.05, 0) is 25.9 Å². The molecular formula is C4H9N. The summed E-state index contributed by atoms with van der Waals surface area (Å²) in [5.74, 6) is 0. The predicted molar refractivity (Wildman–Crippen MR) is 22.1 cm³/mol. The zero-order valence-corrected chi connectivity index (χ0v) is 3.20. The van der Waals surface area contributed by atoms with Crippen LogP contribution in [0, 0.1) is 0 Å². The van der Waals surface area contributed by atoms with Gasteiger partial charge in [-0.2, -0.15) is 0 Å². The zero-order chi connectivity index (χ0) is 4.41. The molecule has 1 saturated heterocycles. The van der Waals surface area contributed by atoms with E-state index in [1.165, 1.54) is 6.42 Å². The molecule has 1 rings (SSSR count). The fourth-order valence-electron chi connectivity index (χ4n) is 0.510. The van der Waals surface area contributed by atoms with Crippen molar-refractivity contribution in [2.24, 2.45) is 0 Å². The summed E-state index contributed by atoms with van der Waals surface area (Å²) >= 11 is 0. The first kappa shape index (κ1) is 2.19. The highest BCUT2D eigenvalue weighted by atomic mass is 14.9. The SMILES string of the molecule is [2H][C@H]1CCCN1. The molecule has 0 aliphatic carbocycles. The molecular weight excluding hydrogens is 62.1 g/mol. The van der Waals surface area contributed by atoms with Crippen LogP contribution in [0.4, 0.5) is 0 Å². The summed E-state index contributed by atoms with van der Waals surface area (Å²) in [6.07, 6.45) is 2.23. The molecule has 0 bridgehead atoms. The average molecular weight is 72.1 g/mol. The van der Waals surface area contributed by atoms with Crippen molar-refractivity contribution in [1.29, 1.82) is 0 Å². The topological polar surface area (TPSA) is 12.0 Å². The number of hydrogen-bond donors (Lipinski definition) is 1. The average Bonchev–Trinajstić information content (AvgIpc) is 1.86. The largest absolute Gasteiger partial charge is 0.317 e. The van der Waals surface area contributed by atoms with Crippen LogP contribution < -0.4 is 5.32 Å². The molecule has 0 radical (unpaired) electrons. The van der Waals surface area contributed by atoms with Crippen LogP contribution in [-0.2, 0) is 0 Å². The van der Waals surface area contributed by atoms with Crippen LogP contribution in [0.25, 0.3) is 0 Å². The van der Waals surface area contributed by atoms with Crippen LogP contribution >= 0.6 is 0 Å². The molecule has 0 aromatic carbocycles. The molecule has 1 atom stereocenters. The Balaban J connectivity index is 2.18. The first-order chi connectivity index (χ1) is 2.89. The summed E-state index contributed by atoms with van der Waals surface area (Å²) in [5, 5.41) is 2.99. The maximum absolute atomic E-state index is 7.02. The van der Waals surface area contributed by atoms with Crippen molar-refractivity contribution in [1.82, 2.24) is 5.32 Å². The van der Waals surface area contributed by atoms with Gasteiger partial charge in [-0.1, -0.05) is 0 Å². The lowest BCUT2D eigenvalue weighted by molar-refractivity contribution is 0.857. The monoisotopic (exact) mass is 72.1 g/mol. The Labute approximate surface area is 33.8 Å². The van der Waals surface area contributed by atoms with Gasteiger partial charge in [0.25, 0.3) is 0 Å². The number of rotatable bonds is 0. The van der Waals surface area contributed by atoms with E-state index < -0.39 is 0 Å². The molecule has 1 nitrogen and oxygen atoms in total. The minimum atomic E-state index is 0.0463. The lowest BCUT2D eigenvalue weighted by atomic mass is 10.4. The second-order valence-corrected chi connectivity index (χ2v) is 1.30. The van der Waals surface area contributed by atoms with E-state index in [4.69, 9.17) is 1.37 Å². The number of nitrogens with one attached hydrogen (secondary N) is 1. The molecule has 0 unspecified atom stereocenters. The van der Waals surface area contributed by atoms with Gasteiger partial charge in [0, 0.05) is 1.37 Å². The Bertz CT molecular complexity index is 40.8. The van der Waals surface area contributed by atoms with Gasteiger partial charge >= 0.3 is 0 Å². The predicted octanol–water partition coefficient (Wildman–Crippen LogP) is 0.370. The summed E-state index contributed by atoms with van der Waals surface area (Å²) < 4.78 is 7.02. The van der Waals surface area contributed by atoms with Gasteiger partial charge < -0.3 is 5.32 Å². The third kappa shape index (κ3) is 0.618. The normalized spacial score (nSPS) is 41.6. The second-order valence-electron chi connectivity index (χ2n) is 1.30. The van der Waals surface area contributed by atoms with Gasteiger partial charge in [-0.3, -0.25) is 0 Å². The zero-order valence-electron chi connectivity index (χ0n) is 4.20. The molecule has 1 aliphatic heterocycles. The molecule has 0 aromatic rings. The van der Waals surface area contributed by atoms with Crippen molar-refractivity contribution in [2.75, 3.05) is 13.1 Å². The molecule has 0 saturated carbocycles. The highest BCUT2D eigenvalue weighted by Crippen LogP contribution is 1.90. The maximum Gasteiger partial charge on any atom is 0.0428 e. The van der Waals surface area contributed by atoms with E-state index >= 15 is 0 Å². The third-order valence-corrected chi connectivity index (χ3v) is 0.814. The molecule has 0 amide bonds. The van der Waals surface area contributed by atoms with Crippen LogP contribution in [0.5, 0.6) is 0 Å². The van der Waals surface area contributed by atoms with Crippen molar-refractivity contribution in [3.05, 3.63) is 0 Å². The highest BCUT2D eigenvalue weighted by Gasteiger charge is 1.93. The molecule has 0 aromatic heterocycles. The van der Waals surface area contributed by atoms with E-state index in [1.807, 2.05) is 0 Å². The van der Waals surface area contributed by atoms with Gasteiger partial charge in [0.05, 0.1) is 0 Å². The minimum absolute atomic E-state index is 0.0463. The summed E-state index contributed by atoms with van der Waals surface area (Å²) in [6, 6.07) is 0. The van der Waals surface area contributed by atoms with E-state index in [1.54, 1.807) is 0 Å². The van der Waals surface area contributed by atoms with Gasteiger partial charge in [0.2, 0.25) is 0 Å². The first-order valence-electron chi connectivity index (χ1n) is 2.63. The van der Waals surface area contributed by atoms with E-state index in [9.17, 15) is 0 Å². The summed E-state index contributed by atoms with van der Waals surface area (Å²) in [6.45, 7) is 1.10. The first-order valence-corrected chi connectivity index (χ1v) is 2.05. The maximum atomic E-state index is 7.02. The van der Waals surface area contributed by atoms with Crippen molar-refractivity contribution >= 4 is 0 Å². The van der Waals surface area contributed by atoms with E-state index in [2.05, 4.69) is 5.32 Å². The standard InChI is InChI=1S/C4H9N/c1-2-4-5-3-1/h5H,1-4H2/i3D/t3-/m0/s1. The highest BCUT2D eigenvalue weighted by molar-refractivity contribution is 4.55. The summed E-state index contributed by atoms with van der Waals surface area (Å²) in [5.41, 5.74) is 0. The van der Waals surface area contributed by atoms with Gasteiger partial charge in [0.1, 0.15) is 0 Å². The molecule has 1 aliphatic rings. The van der Waals surface area contributed by atoms with Crippen LogP contribution in [0.2, 0.25) is 0 Å². The Morgan fingerprint density at radius 1 is 1.60 bits per heavy atom. The fraction of sp³-hybridized carbons (Fsp3) is 1.00. The summed E-state index contributed by atoms with van der Waals surface area (Å²) in [7, 11) is 0. The van der Waals surface area contributed by atoms with Gasteiger partial charge in [-0.25, -0.2) is 0 Å². The smallest absolute Gasteiger partial charge is 0.0428 e. The van der Waals surface area contributed by atoms with Crippen LogP contribution in [0.3, 0.4) is 0 Å². The third-order valence-electron chi connectivity index (χ3n) is 0.814. The van der Waals surface area contributed by atoms with Gasteiger partial charge in [-0.15, -0.1) is 0 Å².